The first-order chi connectivity index (χ1) is 16.1. The zero-order chi connectivity index (χ0) is 25.9. The number of carboxylic acids is 1. The van der Waals surface area contributed by atoms with E-state index >= 15 is 0 Å². The SMILES string of the molecule is C/C(=C\[C@H](C(C)C)N(C)C(=O)CNC=O)C(=O)O.C1CCCCC1.CCC(C)N1CCCCC1. The van der Waals surface area contributed by atoms with E-state index in [2.05, 4.69) is 24.1 Å². The monoisotopic (exact) mass is 481 g/mol. The number of likely N-dealkylation sites (tertiary alicyclic amines) is 1. The highest BCUT2D eigenvalue weighted by Gasteiger charge is 2.21. The lowest BCUT2D eigenvalue weighted by molar-refractivity contribution is -0.133. The number of likely N-dealkylation sites (N-methyl/N-ethyl adjacent to an activating group) is 1. The smallest absolute Gasteiger partial charge is 0.331 e. The molecule has 1 unspecified atom stereocenters. The van der Waals surface area contributed by atoms with Gasteiger partial charge in [-0.3, -0.25) is 9.59 Å². The normalized spacial score (nSPS) is 18.4. The van der Waals surface area contributed by atoms with E-state index in [1.165, 1.54) is 89.1 Å². The van der Waals surface area contributed by atoms with Crippen molar-refractivity contribution in [3.05, 3.63) is 11.6 Å². The van der Waals surface area contributed by atoms with Gasteiger partial charge in [0.1, 0.15) is 0 Å². The summed E-state index contributed by atoms with van der Waals surface area (Å²) in [6, 6.07) is 0.502. The summed E-state index contributed by atoms with van der Waals surface area (Å²) in [5, 5.41) is 11.1. The van der Waals surface area contributed by atoms with Crippen LogP contribution in [0.25, 0.3) is 0 Å². The van der Waals surface area contributed by atoms with E-state index in [0.717, 1.165) is 6.04 Å². The number of nitrogens with one attached hydrogen (secondary N) is 1. The molecule has 198 valence electrons. The van der Waals surface area contributed by atoms with Gasteiger partial charge in [-0.2, -0.15) is 0 Å². The Kier molecular flexibility index (Phi) is 18.3. The minimum absolute atomic E-state index is 0.0736. The molecule has 2 amide bonds. The molecule has 2 aliphatic rings. The third kappa shape index (κ3) is 14.4. The van der Waals surface area contributed by atoms with Gasteiger partial charge in [-0.15, -0.1) is 0 Å². The van der Waals surface area contributed by atoms with E-state index in [9.17, 15) is 14.4 Å². The number of hydrogen-bond donors (Lipinski definition) is 2. The Morgan fingerprint density at radius 3 is 1.82 bits per heavy atom. The van der Waals surface area contributed by atoms with Crippen LogP contribution in [0.1, 0.15) is 98.8 Å². The molecule has 0 aromatic rings. The summed E-state index contributed by atoms with van der Waals surface area (Å²) in [4.78, 5) is 36.7. The van der Waals surface area contributed by atoms with Crippen molar-refractivity contribution >= 4 is 18.3 Å². The quantitative estimate of drug-likeness (QED) is 0.363. The molecule has 2 atom stereocenters. The zero-order valence-electron chi connectivity index (χ0n) is 22.6. The molecule has 1 aliphatic heterocycles. The fourth-order valence-corrected chi connectivity index (χ4v) is 4.18. The molecule has 0 spiro atoms. The lowest BCUT2D eigenvalue weighted by Gasteiger charge is -2.31. The van der Waals surface area contributed by atoms with Gasteiger partial charge in [0.2, 0.25) is 12.3 Å². The Hall–Kier alpha value is -1.89. The van der Waals surface area contributed by atoms with E-state index in [1.54, 1.807) is 13.1 Å². The van der Waals surface area contributed by atoms with Crippen molar-refractivity contribution in [2.75, 3.05) is 26.7 Å². The fraction of sp³-hybridized carbons (Fsp3) is 0.815. The minimum atomic E-state index is -1.01. The first-order valence-corrected chi connectivity index (χ1v) is 13.2. The topological polar surface area (TPSA) is 90.0 Å². The average Bonchev–Trinajstić information content (AvgIpc) is 2.86. The van der Waals surface area contributed by atoms with Crippen molar-refractivity contribution in [3.63, 3.8) is 0 Å². The third-order valence-corrected chi connectivity index (χ3v) is 6.72. The number of carbonyl (C=O) groups is 3. The van der Waals surface area contributed by atoms with Crippen LogP contribution in [0.5, 0.6) is 0 Å². The van der Waals surface area contributed by atoms with Gasteiger partial charge in [0.25, 0.3) is 0 Å². The summed E-state index contributed by atoms with van der Waals surface area (Å²) in [5.74, 6) is -1.20. The van der Waals surface area contributed by atoms with Crippen molar-refractivity contribution in [2.45, 2.75) is 111 Å². The van der Waals surface area contributed by atoms with Crippen LogP contribution >= 0.6 is 0 Å². The molecule has 2 N–H and O–H groups in total. The fourth-order valence-electron chi connectivity index (χ4n) is 4.18. The van der Waals surface area contributed by atoms with Crippen LogP contribution in [0.15, 0.2) is 11.6 Å². The Labute approximate surface area is 208 Å². The standard InChI is InChI=1S/C12H20N2O4.C9H19N.C6H12/c1-8(2)10(5-9(3)12(17)18)14(4)11(16)6-13-7-15;1-3-9(2)10-7-5-4-6-8-10;1-2-4-6-5-3-1/h5,7-8,10H,6H2,1-4H3,(H,13,15)(H,17,18);9H,3-8H2,1-2H3;1-6H2/b9-5+;;/t10-;;/m1../s1. The molecule has 1 saturated carbocycles. The molecular formula is C27H51N3O4. The summed E-state index contributed by atoms with van der Waals surface area (Å²) in [5.41, 5.74) is 0.191. The lowest BCUT2D eigenvalue weighted by Crippen LogP contribution is -2.43. The van der Waals surface area contributed by atoms with Gasteiger partial charge in [0, 0.05) is 18.7 Å². The van der Waals surface area contributed by atoms with E-state index in [1.807, 2.05) is 13.8 Å². The molecule has 1 aliphatic carbocycles. The number of hydrogen-bond acceptors (Lipinski definition) is 4. The van der Waals surface area contributed by atoms with E-state index in [-0.39, 0.29) is 30.0 Å². The molecule has 34 heavy (non-hydrogen) atoms. The molecular weight excluding hydrogens is 430 g/mol. The molecule has 1 saturated heterocycles. The minimum Gasteiger partial charge on any atom is -0.478 e. The molecule has 0 aromatic heterocycles. The van der Waals surface area contributed by atoms with Crippen molar-refractivity contribution in [3.8, 4) is 0 Å². The number of piperidine rings is 1. The predicted molar refractivity (Wildman–Crippen MR) is 140 cm³/mol. The Morgan fingerprint density at radius 1 is 0.971 bits per heavy atom. The highest BCUT2D eigenvalue weighted by atomic mass is 16.4. The molecule has 0 bridgehead atoms. The average molecular weight is 482 g/mol. The molecule has 7 nitrogen and oxygen atoms in total. The van der Waals surface area contributed by atoms with Gasteiger partial charge in [-0.05, 0) is 52.1 Å². The van der Waals surface area contributed by atoms with Gasteiger partial charge in [0.05, 0.1) is 12.6 Å². The van der Waals surface area contributed by atoms with Gasteiger partial charge in [-0.25, -0.2) is 4.79 Å². The van der Waals surface area contributed by atoms with Gasteiger partial charge in [0.15, 0.2) is 0 Å². The number of aliphatic carboxylic acids is 1. The number of carbonyl (C=O) groups excluding carboxylic acids is 2. The van der Waals surface area contributed by atoms with Crippen LogP contribution in [0, 0.1) is 5.92 Å². The second-order valence-corrected chi connectivity index (χ2v) is 9.87. The maximum absolute atomic E-state index is 11.7. The molecule has 0 radical (unpaired) electrons. The van der Waals surface area contributed by atoms with Crippen molar-refractivity contribution < 1.29 is 19.5 Å². The summed E-state index contributed by atoms with van der Waals surface area (Å²) in [7, 11) is 1.59. The van der Waals surface area contributed by atoms with E-state index < -0.39 is 5.97 Å². The molecule has 1 heterocycles. The van der Waals surface area contributed by atoms with Gasteiger partial charge in [-0.1, -0.05) is 71.8 Å². The summed E-state index contributed by atoms with van der Waals surface area (Å²) in [6.07, 6.45) is 16.6. The molecule has 2 rings (SSSR count). The summed E-state index contributed by atoms with van der Waals surface area (Å²) < 4.78 is 0. The molecule has 7 heteroatoms. The van der Waals surface area contributed by atoms with Crippen LogP contribution in [0.3, 0.4) is 0 Å². The highest BCUT2D eigenvalue weighted by molar-refractivity contribution is 5.86. The Morgan fingerprint density at radius 2 is 1.44 bits per heavy atom. The van der Waals surface area contributed by atoms with Crippen molar-refractivity contribution in [1.82, 2.24) is 15.1 Å². The maximum atomic E-state index is 11.7. The van der Waals surface area contributed by atoms with Crippen LogP contribution in [-0.4, -0.2) is 72.0 Å². The predicted octanol–water partition coefficient (Wildman–Crippen LogP) is 4.86. The number of carboxylic acid groups (broad SMARTS) is 1. The zero-order valence-corrected chi connectivity index (χ0v) is 22.6. The van der Waals surface area contributed by atoms with Crippen LogP contribution in [-0.2, 0) is 14.4 Å². The van der Waals surface area contributed by atoms with Crippen molar-refractivity contribution in [2.24, 2.45) is 5.92 Å². The summed E-state index contributed by atoms with van der Waals surface area (Å²) in [6.45, 7) is 12.5. The second-order valence-electron chi connectivity index (χ2n) is 9.87. The largest absolute Gasteiger partial charge is 0.478 e. The Bertz CT molecular complexity index is 585. The molecule has 2 fully saturated rings. The second kappa shape index (κ2) is 19.4. The van der Waals surface area contributed by atoms with Crippen LogP contribution in [0.4, 0.5) is 0 Å². The van der Waals surface area contributed by atoms with E-state index in [4.69, 9.17) is 5.11 Å². The maximum Gasteiger partial charge on any atom is 0.331 e. The summed E-state index contributed by atoms with van der Waals surface area (Å²) >= 11 is 0. The Balaban J connectivity index is 0.000000559. The third-order valence-electron chi connectivity index (χ3n) is 6.72. The van der Waals surface area contributed by atoms with Crippen LogP contribution < -0.4 is 5.32 Å². The first kappa shape index (κ1) is 32.1. The molecule has 0 aromatic carbocycles. The first-order valence-electron chi connectivity index (χ1n) is 13.2. The number of nitrogens with zero attached hydrogens (tertiary/aromatic N) is 2. The lowest BCUT2D eigenvalue weighted by atomic mass is 10.00. The highest BCUT2D eigenvalue weighted by Crippen LogP contribution is 2.15. The van der Waals surface area contributed by atoms with Crippen LogP contribution in [0.2, 0.25) is 0 Å². The van der Waals surface area contributed by atoms with E-state index in [0.29, 0.717) is 6.41 Å². The number of amides is 2. The number of rotatable bonds is 9. The van der Waals surface area contributed by atoms with Gasteiger partial charge >= 0.3 is 5.97 Å². The van der Waals surface area contributed by atoms with Crippen molar-refractivity contribution in [1.29, 1.82) is 0 Å². The van der Waals surface area contributed by atoms with Gasteiger partial charge < -0.3 is 20.2 Å².